The number of fused-ring (bicyclic) bond motifs is 4. The summed E-state index contributed by atoms with van der Waals surface area (Å²) in [5.74, 6) is -0.0611. The lowest BCUT2D eigenvalue weighted by Gasteiger charge is -2.13. The lowest BCUT2D eigenvalue weighted by atomic mass is 9.94. The van der Waals surface area contributed by atoms with Crippen LogP contribution in [-0.2, 0) is 24.2 Å². The zero-order valence-corrected chi connectivity index (χ0v) is 15.4. The minimum absolute atomic E-state index is 0.0611. The number of anilines is 1. The van der Waals surface area contributed by atoms with Crippen LogP contribution in [0.1, 0.15) is 16.9 Å². The van der Waals surface area contributed by atoms with Crippen molar-refractivity contribution in [3.63, 3.8) is 0 Å². The fraction of sp³-hybridized carbons (Fsp3) is 0.200. The van der Waals surface area contributed by atoms with Crippen LogP contribution >= 0.6 is 11.3 Å². The summed E-state index contributed by atoms with van der Waals surface area (Å²) in [7, 11) is 0. The van der Waals surface area contributed by atoms with Gasteiger partial charge in [0.25, 0.3) is 0 Å². The number of nitrogens with one attached hydrogen (secondary N) is 1. The van der Waals surface area contributed by atoms with E-state index in [4.69, 9.17) is 0 Å². The van der Waals surface area contributed by atoms with Crippen molar-refractivity contribution in [2.24, 2.45) is 0 Å². The Morgan fingerprint density at radius 2 is 1.96 bits per heavy atom. The van der Waals surface area contributed by atoms with Gasteiger partial charge in [0.1, 0.15) is 5.52 Å². The molecule has 4 aromatic rings. The van der Waals surface area contributed by atoms with E-state index in [0.29, 0.717) is 18.1 Å². The number of carbonyl (C=O) groups excluding carboxylic acids is 1. The third kappa shape index (κ3) is 3.00. The first-order chi connectivity index (χ1) is 13.3. The third-order valence-electron chi connectivity index (χ3n) is 4.81. The maximum atomic E-state index is 12.4. The molecule has 0 atom stereocenters. The second-order valence-corrected chi connectivity index (χ2v) is 7.63. The topological polar surface area (TPSA) is 72.7 Å². The molecule has 1 aliphatic rings. The molecule has 2 aromatic heterocycles. The van der Waals surface area contributed by atoms with Gasteiger partial charge in [0.2, 0.25) is 5.91 Å². The second-order valence-electron chi connectivity index (χ2n) is 6.55. The fourth-order valence-corrected chi connectivity index (χ4v) is 4.47. The van der Waals surface area contributed by atoms with Crippen LogP contribution in [0.4, 0.5) is 5.13 Å². The van der Waals surface area contributed by atoms with Crippen LogP contribution in [0.3, 0.4) is 0 Å². The number of thiazole rings is 1. The molecule has 0 saturated heterocycles. The van der Waals surface area contributed by atoms with Crippen LogP contribution in [0.25, 0.3) is 22.3 Å². The molecule has 1 aliphatic carbocycles. The van der Waals surface area contributed by atoms with Crippen molar-refractivity contribution in [2.75, 3.05) is 5.32 Å². The van der Waals surface area contributed by atoms with Crippen LogP contribution in [0, 0.1) is 0 Å². The molecule has 1 amide bonds. The second kappa shape index (κ2) is 6.59. The number of carbonyl (C=O) groups is 1. The fourth-order valence-electron chi connectivity index (χ4n) is 3.47. The monoisotopic (exact) mass is 375 g/mol. The molecule has 0 spiro atoms. The Hall–Kier alpha value is -3.06. The average molecular weight is 375 g/mol. The van der Waals surface area contributed by atoms with Crippen LogP contribution in [-0.4, -0.2) is 25.9 Å². The molecule has 0 saturated carbocycles. The molecule has 2 aromatic carbocycles. The van der Waals surface area contributed by atoms with Gasteiger partial charge in [-0.1, -0.05) is 41.6 Å². The third-order valence-corrected chi connectivity index (χ3v) is 5.84. The summed E-state index contributed by atoms with van der Waals surface area (Å²) in [6, 6.07) is 16.1. The number of rotatable bonds is 4. The van der Waals surface area contributed by atoms with Crippen molar-refractivity contribution in [3.8, 4) is 11.3 Å². The lowest BCUT2D eigenvalue weighted by molar-refractivity contribution is -0.116. The highest BCUT2D eigenvalue weighted by atomic mass is 32.1. The van der Waals surface area contributed by atoms with Gasteiger partial charge in [-0.15, -0.1) is 16.4 Å². The standard InChI is InChI=1S/C20H17N5OS/c26-18(11-12-25-16-8-4-3-7-15(16)23-24-25)21-20-22-19-14-6-2-1-5-13(14)9-10-17(19)27-20/h1-8H,9-12H2,(H,21,22,26). The summed E-state index contributed by atoms with van der Waals surface area (Å²) in [5, 5.41) is 11.9. The molecule has 27 heavy (non-hydrogen) atoms. The molecule has 1 N–H and O–H groups in total. The van der Waals surface area contributed by atoms with Gasteiger partial charge in [0.05, 0.1) is 17.8 Å². The summed E-state index contributed by atoms with van der Waals surface area (Å²) in [5.41, 5.74) is 5.30. The van der Waals surface area contributed by atoms with Crippen molar-refractivity contribution >= 4 is 33.4 Å². The van der Waals surface area contributed by atoms with Crippen LogP contribution < -0.4 is 5.32 Å². The Bertz CT molecular complexity index is 1150. The lowest BCUT2D eigenvalue weighted by Crippen LogP contribution is -2.15. The Balaban J connectivity index is 1.29. The van der Waals surface area contributed by atoms with Crippen LogP contribution in [0.15, 0.2) is 48.5 Å². The van der Waals surface area contributed by atoms with Crippen molar-refractivity contribution in [1.82, 2.24) is 20.0 Å². The van der Waals surface area contributed by atoms with Gasteiger partial charge >= 0.3 is 0 Å². The predicted octanol–water partition coefficient (Wildman–Crippen LogP) is 3.68. The molecule has 6 nitrogen and oxygen atoms in total. The van der Waals surface area contributed by atoms with E-state index >= 15 is 0 Å². The summed E-state index contributed by atoms with van der Waals surface area (Å²) < 4.78 is 1.76. The van der Waals surface area contributed by atoms with Gasteiger partial charge in [-0.05, 0) is 30.5 Å². The molecular weight excluding hydrogens is 358 g/mol. The minimum atomic E-state index is -0.0611. The molecule has 7 heteroatoms. The normalized spacial score (nSPS) is 12.6. The first kappa shape index (κ1) is 16.1. The molecule has 0 radical (unpaired) electrons. The average Bonchev–Trinajstić information content (AvgIpc) is 3.30. The quantitative estimate of drug-likeness (QED) is 0.590. The molecule has 2 heterocycles. The largest absolute Gasteiger partial charge is 0.302 e. The zero-order valence-electron chi connectivity index (χ0n) is 14.6. The molecule has 5 rings (SSSR count). The Morgan fingerprint density at radius 1 is 1.11 bits per heavy atom. The van der Waals surface area contributed by atoms with Crippen molar-refractivity contribution in [3.05, 3.63) is 59.0 Å². The summed E-state index contributed by atoms with van der Waals surface area (Å²) in [4.78, 5) is 18.3. The molecular formula is C20H17N5OS. The highest BCUT2D eigenvalue weighted by Gasteiger charge is 2.21. The molecule has 0 bridgehead atoms. The molecule has 0 unspecified atom stereocenters. The van der Waals surface area contributed by atoms with Gasteiger partial charge in [0, 0.05) is 16.9 Å². The van der Waals surface area contributed by atoms with E-state index in [2.05, 4.69) is 38.8 Å². The zero-order chi connectivity index (χ0) is 18.2. The summed E-state index contributed by atoms with van der Waals surface area (Å²) in [6.45, 7) is 0.486. The van der Waals surface area contributed by atoms with Gasteiger partial charge in [-0.25, -0.2) is 9.67 Å². The predicted molar refractivity (Wildman–Crippen MR) is 106 cm³/mol. The molecule has 134 valence electrons. The van der Waals surface area contributed by atoms with E-state index < -0.39 is 0 Å². The Labute approximate surface area is 159 Å². The number of hydrogen-bond donors (Lipinski definition) is 1. The van der Waals surface area contributed by atoms with Gasteiger partial charge in [-0.2, -0.15) is 0 Å². The maximum absolute atomic E-state index is 12.4. The number of benzene rings is 2. The van der Waals surface area contributed by atoms with Gasteiger partial charge in [0.15, 0.2) is 5.13 Å². The first-order valence-electron chi connectivity index (χ1n) is 8.94. The number of amides is 1. The van der Waals surface area contributed by atoms with Crippen molar-refractivity contribution in [1.29, 1.82) is 0 Å². The minimum Gasteiger partial charge on any atom is -0.302 e. The molecule has 0 aliphatic heterocycles. The number of aryl methyl sites for hydroxylation is 3. The van der Waals surface area contributed by atoms with Crippen LogP contribution in [0.2, 0.25) is 0 Å². The first-order valence-corrected chi connectivity index (χ1v) is 9.75. The summed E-state index contributed by atoms with van der Waals surface area (Å²) >= 11 is 1.58. The van der Waals surface area contributed by atoms with E-state index in [0.717, 1.165) is 29.6 Å². The number of hydrogen-bond acceptors (Lipinski definition) is 5. The maximum Gasteiger partial charge on any atom is 0.228 e. The number of aromatic nitrogens is 4. The van der Waals surface area contributed by atoms with Crippen LogP contribution in [0.5, 0.6) is 0 Å². The SMILES string of the molecule is O=C(CCn1nnc2ccccc21)Nc1nc2c(s1)CCc1ccccc1-2. The van der Waals surface area contributed by atoms with Gasteiger partial charge in [-0.3, -0.25) is 4.79 Å². The van der Waals surface area contributed by atoms with E-state index in [1.807, 2.05) is 30.3 Å². The van der Waals surface area contributed by atoms with E-state index in [1.165, 1.54) is 16.0 Å². The van der Waals surface area contributed by atoms with E-state index in [9.17, 15) is 4.79 Å². The number of nitrogens with zero attached hydrogens (tertiary/aromatic N) is 4. The van der Waals surface area contributed by atoms with Crippen molar-refractivity contribution in [2.45, 2.75) is 25.8 Å². The smallest absolute Gasteiger partial charge is 0.228 e. The Kier molecular flexibility index (Phi) is 3.94. The Morgan fingerprint density at radius 3 is 2.93 bits per heavy atom. The summed E-state index contributed by atoms with van der Waals surface area (Å²) in [6.07, 6.45) is 2.33. The van der Waals surface area contributed by atoms with Crippen molar-refractivity contribution < 1.29 is 4.79 Å². The highest BCUT2D eigenvalue weighted by Crippen LogP contribution is 2.37. The highest BCUT2D eigenvalue weighted by molar-refractivity contribution is 7.16. The van der Waals surface area contributed by atoms with E-state index in [1.54, 1.807) is 16.0 Å². The van der Waals surface area contributed by atoms with Gasteiger partial charge < -0.3 is 5.32 Å². The van der Waals surface area contributed by atoms with E-state index in [-0.39, 0.29) is 5.91 Å². The molecule has 0 fully saturated rings. The number of para-hydroxylation sites is 1.